The topological polar surface area (TPSA) is 61.8 Å². The summed E-state index contributed by atoms with van der Waals surface area (Å²) in [4.78, 5) is 13.6. The van der Waals surface area contributed by atoms with Crippen LogP contribution in [0, 0.1) is 0 Å². The molecule has 0 bridgehead atoms. The molecular weight excluding hydrogens is 208 g/mol. The van der Waals surface area contributed by atoms with Crippen LogP contribution >= 0.6 is 0 Å². The molecule has 1 amide bonds. The smallest absolute Gasteiger partial charge is 0.408 e. The number of nitrogens with zero attached hydrogens (tertiary/aromatic N) is 1. The number of rotatable bonds is 1. The molecular formula is C11H22N2O3. The van der Waals surface area contributed by atoms with Gasteiger partial charge in [0.2, 0.25) is 0 Å². The monoisotopic (exact) mass is 230 g/mol. The number of ether oxygens (including phenoxy) is 1. The number of likely N-dealkylation sites (tertiary alicyclic amines) is 1. The van der Waals surface area contributed by atoms with Crippen LogP contribution in [0.25, 0.3) is 0 Å². The number of nitrogens with one attached hydrogen (secondary N) is 1. The van der Waals surface area contributed by atoms with Gasteiger partial charge in [0.25, 0.3) is 0 Å². The number of hydrogen-bond acceptors (Lipinski definition) is 4. The van der Waals surface area contributed by atoms with Gasteiger partial charge in [-0.15, -0.1) is 0 Å². The van der Waals surface area contributed by atoms with Crippen LogP contribution in [0.3, 0.4) is 0 Å². The summed E-state index contributed by atoms with van der Waals surface area (Å²) in [5.41, 5.74) is -0.504. The van der Waals surface area contributed by atoms with Crippen LogP contribution < -0.4 is 5.32 Å². The first-order valence-corrected chi connectivity index (χ1v) is 5.64. The van der Waals surface area contributed by atoms with Gasteiger partial charge in [-0.1, -0.05) is 0 Å². The number of likely N-dealkylation sites (N-methyl/N-ethyl adjacent to an activating group) is 1. The highest BCUT2D eigenvalue weighted by Gasteiger charge is 2.28. The molecule has 16 heavy (non-hydrogen) atoms. The molecule has 1 saturated heterocycles. The molecule has 5 heteroatoms. The second-order valence-corrected chi connectivity index (χ2v) is 5.37. The molecule has 0 spiro atoms. The van der Waals surface area contributed by atoms with Crippen molar-refractivity contribution < 1.29 is 14.6 Å². The maximum Gasteiger partial charge on any atom is 0.408 e. The van der Waals surface area contributed by atoms with Crippen LogP contribution in [0.1, 0.15) is 27.2 Å². The Morgan fingerprint density at radius 1 is 1.50 bits per heavy atom. The first kappa shape index (κ1) is 13.3. The minimum absolute atomic E-state index is 0.242. The predicted molar refractivity (Wildman–Crippen MR) is 61.3 cm³/mol. The molecule has 5 nitrogen and oxygen atoms in total. The SMILES string of the molecule is CN1CC[C@H](O)C(NC(=O)OC(C)(C)C)C1. The quantitative estimate of drug-likeness (QED) is 0.691. The van der Waals surface area contributed by atoms with Crippen molar-refractivity contribution in [2.45, 2.75) is 44.9 Å². The number of carbonyl (C=O) groups is 1. The van der Waals surface area contributed by atoms with E-state index in [4.69, 9.17) is 4.74 Å². The zero-order chi connectivity index (χ0) is 12.3. The van der Waals surface area contributed by atoms with Crippen molar-refractivity contribution in [1.82, 2.24) is 10.2 Å². The third kappa shape index (κ3) is 4.37. The second kappa shape index (κ2) is 5.01. The van der Waals surface area contributed by atoms with Crippen molar-refractivity contribution in [2.24, 2.45) is 0 Å². The molecule has 1 aliphatic rings. The number of piperidine rings is 1. The van der Waals surface area contributed by atoms with Gasteiger partial charge in [0.1, 0.15) is 5.60 Å². The van der Waals surface area contributed by atoms with Gasteiger partial charge in [-0.2, -0.15) is 0 Å². The summed E-state index contributed by atoms with van der Waals surface area (Å²) < 4.78 is 5.14. The van der Waals surface area contributed by atoms with Crippen molar-refractivity contribution in [1.29, 1.82) is 0 Å². The number of aliphatic hydroxyl groups excluding tert-OH is 1. The molecule has 94 valence electrons. The fraction of sp³-hybridized carbons (Fsp3) is 0.909. The van der Waals surface area contributed by atoms with Crippen molar-refractivity contribution in [2.75, 3.05) is 20.1 Å². The lowest BCUT2D eigenvalue weighted by Gasteiger charge is -2.34. The summed E-state index contributed by atoms with van der Waals surface area (Å²) in [6.45, 7) is 6.95. The van der Waals surface area contributed by atoms with Gasteiger partial charge >= 0.3 is 6.09 Å². The fourth-order valence-corrected chi connectivity index (χ4v) is 1.70. The van der Waals surface area contributed by atoms with Gasteiger partial charge in [-0.05, 0) is 34.2 Å². The predicted octanol–water partition coefficient (Wildman–Crippen LogP) is 0.576. The van der Waals surface area contributed by atoms with E-state index < -0.39 is 17.8 Å². The number of alkyl carbamates (subject to hydrolysis) is 1. The van der Waals surface area contributed by atoms with Gasteiger partial charge in [0.15, 0.2) is 0 Å². The minimum atomic E-state index is -0.504. The zero-order valence-electron chi connectivity index (χ0n) is 10.5. The van der Waals surface area contributed by atoms with E-state index in [9.17, 15) is 9.90 Å². The zero-order valence-corrected chi connectivity index (χ0v) is 10.5. The molecule has 2 N–H and O–H groups in total. The lowest BCUT2D eigenvalue weighted by atomic mass is 10.0. The molecule has 0 aromatic carbocycles. The van der Waals surface area contributed by atoms with E-state index in [1.807, 2.05) is 27.8 Å². The number of aliphatic hydroxyl groups is 1. The fourth-order valence-electron chi connectivity index (χ4n) is 1.70. The van der Waals surface area contributed by atoms with E-state index in [0.717, 1.165) is 6.54 Å². The Bertz CT molecular complexity index is 250. The number of carbonyl (C=O) groups excluding carboxylic acids is 1. The molecule has 1 aliphatic heterocycles. The summed E-state index contributed by atoms with van der Waals surface area (Å²) in [7, 11) is 1.97. The molecule has 1 rings (SSSR count). The summed E-state index contributed by atoms with van der Waals surface area (Å²) in [6, 6.07) is -0.242. The van der Waals surface area contributed by atoms with Gasteiger partial charge in [-0.25, -0.2) is 4.79 Å². The summed E-state index contributed by atoms with van der Waals surface area (Å²) in [5, 5.41) is 12.4. The molecule has 1 heterocycles. The summed E-state index contributed by atoms with van der Waals surface area (Å²) in [5.74, 6) is 0. The largest absolute Gasteiger partial charge is 0.444 e. The summed E-state index contributed by atoms with van der Waals surface area (Å²) >= 11 is 0. The van der Waals surface area contributed by atoms with Gasteiger partial charge in [0.05, 0.1) is 12.1 Å². The minimum Gasteiger partial charge on any atom is -0.444 e. The van der Waals surface area contributed by atoms with Crippen LogP contribution in [-0.4, -0.2) is 54.0 Å². The van der Waals surface area contributed by atoms with Crippen LogP contribution in [0.5, 0.6) is 0 Å². The Labute approximate surface area is 96.8 Å². The Morgan fingerprint density at radius 3 is 2.69 bits per heavy atom. The third-order valence-electron chi connectivity index (χ3n) is 2.48. The first-order valence-electron chi connectivity index (χ1n) is 5.64. The standard InChI is InChI=1S/C11H22N2O3/c1-11(2,3)16-10(15)12-8-7-13(4)6-5-9(8)14/h8-9,14H,5-7H2,1-4H3,(H,12,15)/t8?,9-/m0/s1. The van der Waals surface area contributed by atoms with Gasteiger partial charge < -0.3 is 20.1 Å². The van der Waals surface area contributed by atoms with E-state index in [2.05, 4.69) is 10.2 Å². The molecule has 0 saturated carbocycles. The second-order valence-electron chi connectivity index (χ2n) is 5.37. The lowest BCUT2D eigenvalue weighted by molar-refractivity contribution is 0.0266. The molecule has 0 aliphatic carbocycles. The van der Waals surface area contributed by atoms with Crippen molar-refractivity contribution in [3.8, 4) is 0 Å². The van der Waals surface area contributed by atoms with E-state index in [-0.39, 0.29) is 6.04 Å². The maximum absolute atomic E-state index is 11.5. The first-order chi connectivity index (χ1) is 7.28. The van der Waals surface area contributed by atoms with Gasteiger partial charge in [0, 0.05) is 13.1 Å². The molecule has 0 aromatic rings. The highest BCUT2D eigenvalue weighted by atomic mass is 16.6. The normalized spacial score (nSPS) is 27.6. The Hall–Kier alpha value is -0.810. The Kier molecular flexibility index (Phi) is 4.15. The highest BCUT2D eigenvalue weighted by molar-refractivity contribution is 5.68. The maximum atomic E-state index is 11.5. The van der Waals surface area contributed by atoms with Crippen molar-refractivity contribution in [3.05, 3.63) is 0 Å². The van der Waals surface area contributed by atoms with Crippen LogP contribution in [0.4, 0.5) is 4.79 Å². The van der Waals surface area contributed by atoms with E-state index in [0.29, 0.717) is 13.0 Å². The molecule has 0 radical (unpaired) electrons. The summed E-state index contributed by atoms with van der Waals surface area (Å²) in [6.07, 6.45) is -0.271. The van der Waals surface area contributed by atoms with E-state index >= 15 is 0 Å². The van der Waals surface area contributed by atoms with Crippen LogP contribution in [0.15, 0.2) is 0 Å². The average molecular weight is 230 g/mol. The molecule has 1 fully saturated rings. The van der Waals surface area contributed by atoms with E-state index in [1.165, 1.54) is 0 Å². The highest BCUT2D eigenvalue weighted by Crippen LogP contribution is 2.11. The van der Waals surface area contributed by atoms with Crippen LogP contribution in [0.2, 0.25) is 0 Å². The number of hydrogen-bond donors (Lipinski definition) is 2. The third-order valence-corrected chi connectivity index (χ3v) is 2.48. The Balaban J connectivity index is 2.43. The molecule has 0 aromatic heterocycles. The van der Waals surface area contributed by atoms with Crippen molar-refractivity contribution >= 4 is 6.09 Å². The van der Waals surface area contributed by atoms with Crippen molar-refractivity contribution in [3.63, 3.8) is 0 Å². The van der Waals surface area contributed by atoms with Gasteiger partial charge in [-0.3, -0.25) is 0 Å². The molecule has 2 atom stereocenters. The van der Waals surface area contributed by atoms with Crippen LogP contribution in [-0.2, 0) is 4.74 Å². The molecule has 1 unspecified atom stereocenters. The average Bonchev–Trinajstić information content (AvgIpc) is 2.08. The van der Waals surface area contributed by atoms with E-state index in [1.54, 1.807) is 0 Å². The number of amides is 1. The Morgan fingerprint density at radius 2 is 2.12 bits per heavy atom. The lowest BCUT2D eigenvalue weighted by Crippen LogP contribution is -2.54.